The van der Waals surface area contributed by atoms with E-state index in [0.717, 1.165) is 18.7 Å². The van der Waals surface area contributed by atoms with Gasteiger partial charge in [-0.1, -0.05) is 17.8 Å². The van der Waals surface area contributed by atoms with Gasteiger partial charge in [-0.2, -0.15) is 9.61 Å². The monoisotopic (exact) mass is 289 g/mol. The fraction of sp³-hybridized carbons (Fsp3) is 0.308. The zero-order chi connectivity index (χ0) is 13.7. The van der Waals surface area contributed by atoms with E-state index in [9.17, 15) is 4.39 Å². The van der Waals surface area contributed by atoms with E-state index in [2.05, 4.69) is 15.3 Å². The fourth-order valence-corrected chi connectivity index (χ4v) is 3.23. The minimum atomic E-state index is -0.325. The Bertz CT molecular complexity index is 789. The lowest BCUT2D eigenvalue weighted by atomic mass is 9.85. The van der Waals surface area contributed by atoms with Crippen LogP contribution in [0.5, 0.6) is 0 Å². The predicted molar refractivity (Wildman–Crippen MR) is 75.1 cm³/mol. The number of hydrogen-bond acceptors (Lipinski definition) is 5. The molecule has 1 aromatic carbocycles. The first-order valence-corrected chi connectivity index (χ1v) is 7.31. The van der Waals surface area contributed by atoms with E-state index in [-0.39, 0.29) is 5.82 Å². The Morgan fingerprint density at radius 2 is 2.15 bits per heavy atom. The van der Waals surface area contributed by atoms with Gasteiger partial charge in [0, 0.05) is 11.6 Å². The van der Waals surface area contributed by atoms with Crippen molar-refractivity contribution in [2.45, 2.75) is 25.2 Å². The van der Waals surface area contributed by atoms with Gasteiger partial charge < -0.3 is 5.73 Å². The number of nitrogen functional groups attached to an aromatic ring is 1. The van der Waals surface area contributed by atoms with Gasteiger partial charge in [-0.25, -0.2) is 4.39 Å². The molecule has 5 nitrogen and oxygen atoms in total. The molecule has 0 radical (unpaired) electrons. The standard InChI is InChI=1S/C13H12FN5S/c14-10-5-4-8(15)6-9(10)12-18-19-11(7-2-1-3-7)16-17-13(19)20-12/h4-7H,1-3,15H2. The van der Waals surface area contributed by atoms with Crippen molar-refractivity contribution in [2.75, 3.05) is 5.73 Å². The van der Waals surface area contributed by atoms with Crippen molar-refractivity contribution in [2.24, 2.45) is 0 Å². The summed E-state index contributed by atoms with van der Waals surface area (Å²) in [6, 6.07) is 4.50. The van der Waals surface area contributed by atoms with Gasteiger partial charge in [0.2, 0.25) is 4.96 Å². The summed E-state index contributed by atoms with van der Waals surface area (Å²) < 4.78 is 15.6. The van der Waals surface area contributed by atoms with E-state index in [1.165, 1.54) is 23.8 Å². The normalized spacial score (nSPS) is 15.7. The molecule has 7 heteroatoms. The molecule has 0 unspecified atom stereocenters. The lowest BCUT2D eigenvalue weighted by Crippen LogP contribution is -2.13. The van der Waals surface area contributed by atoms with Crippen molar-refractivity contribution in [1.29, 1.82) is 0 Å². The average molecular weight is 289 g/mol. The van der Waals surface area contributed by atoms with Crippen molar-refractivity contribution >= 4 is 22.0 Å². The number of hydrogen-bond donors (Lipinski definition) is 1. The number of nitrogens with two attached hydrogens (primary N) is 1. The van der Waals surface area contributed by atoms with Crippen LogP contribution in [0.1, 0.15) is 31.0 Å². The van der Waals surface area contributed by atoms with Crippen molar-refractivity contribution < 1.29 is 4.39 Å². The highest BCUT2D eigenvalue weighted by molar-refractivity contribution is 7.19. The van der Waals surface area contributed by atoms with E-state index >= 15 is 0 Å². The maximum absolute atomic E-state index is 13.9. The van der Waals surface area contributed by atoms with Crippen LogP contribution >= 0.6 is 11.3 Å². The molecule has 3 aromatic rings. The lowest BCUT2D eigenvalue weighted by molar-refractivity contribution is 0.395. The van der Waals surface area contributed by atoms with Gasteiger partial charge in [0.25, 0.3) is 0 Å². The number of rotatable bonds is 2. The number of benzene rings is 1. The zero-order valence-electron chi connectivity index (χ0n) is 10.6. The van der Waals surface area contributed by atoms with Crippen molar-refractivity contribution in [1.82, 2.24) is 19.8 Å². The Morgan fingerprint density at radius 3 is 2.90 bits per heavy atom. The Kier molecular flexibility index (Phi) is 2.50. The van der Waals surface area contributed by atoms with E-state index in [1.54, 1.807) is 16.6 Å². The van der Waals surface area contributed by atoms with Crippen LogP contribution in [0.3, 0.4) is 0 Å². The second-order valence-corrected chi connectivity index (χ2v) is 5.98. The molecule has 20 heavy (non-hydrogen) atoms. The molecule has 0 aliphatic heterocycles. The van der Waals surface area contributed by atoms with Crippen LogP contribution in [0.4, 0.5) is 10.1 Å². The van der Waals surface area contributed by atoms with E-state index in [1.807, 2.05) is 0 Å². The second kappa shape index (κ2) is 4.24. The fourth-order valence-electron chi connectivity index (χ4n) is 2.37. The first-order chi connectivity index (χ1) is 9.72. The van der Waals surface area contributed by atoms with Crippen LogP contribution in [0.15, 0.2) is 18.2 Å². The third kappa shape index (κ3) is 1.70. The second-order valence-electron chi connectivity index (χ2n) is 5.03. The highest BCUT2D eigenvalue weighted by Crippen LogP contribution is 2.37. The average Bonchev–Trinajstić information content (AvgIpc) is 2.92. The summed E-state index contributed by atoms with van der Waals surface area (Å²) in [6.07, 6.45) is 3.47. The van der Waals surface area contributed by atoms with Gasteiger partial charge in [-0.15, -0.1) is 10.2 Å². The van der Waals surface area contributed by atoms with Gasteiger partial charge in [-0.3, -0.25) is 0 Å². The van der Waals surface area contributed by atoms with E-state index < -0.39 is 0 Å². The molecule has 0 amide bonds. The van der Waals surface area contributed by atoms with Gasteiger partial charge >= 0.3 is 0 Å². The molecule has 1 saturated carbocycles. The molecule has 102 valence electrons. The van der Waals surface area contributed by atoms with Crippen LogP contribution in [0, 0.1) is 5.82 Å². The van der Waals surface area contributed by atoms with Crippen LogP contribution in [0.25, 0.3) is 15.5 Å². The predicted octanol–water partition coefficient (Wildman–Crippen LogP) is 2.84. The molecule has 0 atom stereocenters. The third-order valence-corrected chi connectivity index (χ3v) is 4.64. The topological polar surface area (TPSA) is 69.1 Å². The maximum atomic E-state index is 13.9. The first kappa shape index (κ1) is 11.8. The summed E-state index contributed by atoms with van der Waals surface area (Å²) in [5.74, 6) is 0.998. The molecular weight excluding hydrogens is 277 g/mol. The molecule has 0 saturated heterocycles. The third-order valence-electron chi connectivity index (χ3n) is 3.71. The van der Waals surface area contributed by atoms with Crippen molar-refractivity contribution in [3.05, 3.63) is 29.8 Å². The highest BCUT2D eigenvalue weighted by atomic mass is 32.1. The van der Waals surface area contributed by atoms with Gasteiger partial charge in [0.05, 0.1) is 5.56 Å². The Labute approximate surface area is 118 Å². The zero-order valence-corrected chi connectivity index (χ0v) is 11.4. The maximum Gasteiger partial charge on any atom is 0.234 e. The molecule has 2 heterocycles. The van der Waals surface area contributed by atoms with Crippen molar-refractivity contribution in [3.8, 4) is 10.6 Å². The van der Waals surface area contributed by atoms with Crippen LogP contribution in [0.2, 0.25) is 0 Å². The highest BCUT2D eigenvalue weighted by Gasteiger charge is 2.26. The molecule has 4 rings (SSSR count). The minimum Gasteiger partial charge on any atom is -0.399 e. The minimum absolute atomic E-state index is 0.325. The SMILES string of the molecule is Nc1ccc(F)c(-c2nn3c(C4CCC4)nnc3s2)c1. The van der Waals surface area contributed by atoms with Crippen LogP contribution < -0.4 is 5.73 Å². The van der Waals surface area contributed by atoms with E-state index in [4.69, 9.17) is 5.73 Å². The number of halogens is 1. The summed E-state index contributed by atoms with van der Waals surface area (Å²) in [4.78, 5) is 0.698. The Morgan fingerprint density at radius 1 is 1.30 bits per heavy atom. The number of fused-ring (bicyclic) bond motifs is 1. The molecule has 1 aliphatic rings. The quantitative estimate of drug-likeness (QED) is 0.736. The number of aromatic nitrogens is 4. The summed E-state index contributed by atoms with van der Waals surface area (Å²) in [7, 11) is 0. The Balaban J connectivity index is 1.84. The summed E-state index contributed by atoms with van der Waals surface area (Å²) >= 11 is 1.33. The molecule has 1 aliphatic carbocycles. The number of anilines is 1. The summed E-state index contributed by atoms with van der Waals surface area (Å²) in [5, 5.41) is 13.4. The molecule has 1 fully saturated rings. The van der Waals surface area contributed by atoms with Gasteiger partial charge in [0.15, 0.2) is 10.8 Å². The molecule has 0 spiro atoms. The number of nitrogens with zero attached hydrogens (tertiary/aromatic N) is 4. The largest absolute Gasteiger partial charge is 0.399 e. The smallest absolute Gasteiger partial charge is 0.234 e. The van der Waals surface area contributed by atoms with Crippen LogP contribution in [-0.2, 0) is 0 Å². The Hall–Kier alpha value is -2.02. The van der Waals surface area contributed by atoms with Crippen LogP contribution in [-0.4, -0.2) is 19.8 Å². The van der Waals surface area contributed by atoms with Gasteiger partial charge in [0.1, 0.15) is 5.82 Å². The summed E-state index contributed by atoms with van der Waals surface area (Å²) in [5.41, 5.74) is 6.66. The first-order valence-electron chi connectivity index (χ1n) is 6.50. The summed E-state index contributed by atoms with van der Waals surface area (Å²) in [6.45, 7) is 0. The lowest BCUT2D eigenvalue weighted by Gasteiger charge is -2.22. The molecule has 2 N–H and O–H groups in total. The molecular formula is C13H12FN5S. The molecule has 2 aromatic heterocycles. The molecule has 0 bridgehead atoms. The van der Waals surface area contributed by atoms with E-state index in [0.29, 0.717) is 27.1 Å². The van der Waals surface area contributed by atoms with Gasteiger partial charge in [-0.05, 0) is 31.0 Å². The van der Waals surface area contributed by atoms with Crippen molar-refractivity contribution in [3.63, 3.8) is 0 Å².